The molecule has 5 rings (SSSR count). The van der Waals surface area contributed by atoms with Gasteiger partial charge in [0.2, 0.25) is 0 Å². The van der Waals surface area contributed by atoms with Crippen molar-refractivity contribution in [2.24, 2.45) is 0 Å². The van der Waals surface area contributed by atoms with Crippen LogP contribution < -0.4 is 10.2 Å². The number of hydrogen-bond acceptors (Lipinski definition) is 9. The molecular formula is C26H28N10O. The van der Waals surface area contributed by atoms with Crippen LogP contribution in [0.4, 0.5) is 17.3 Å². The van der Waals surface area contributed by atoms with Crippen molar-refractivity contribution >= 4 is 33.9 Å². The zero-order valence-electron chi connectivity index (χ0n) is 21.1. The van der Waals surface area contributed by atoms with Crippen molar-refractivity contribution in [1.82, 2.24) is 34.4 Å². The highest BCUT2D eigenvalue weighted by Crippen LogP contribution is 2.33. The summed E-state index contributed by atoms with van der Waals surface area (Å²) >= 11 is 0. The molecule has 0 bridgehead atoms. The minimum atomic E-state index is -0.342. The monoisotopic (exact) mass is 496 g/mol. The van der Waals surface area contributed by atoms with Gasteiger partial charge in [0, 0.05) is 37.2 Å². The summed E-state index contributed by atoms with van der Waals surface area (Å²) in [6, 6.07) is 11.0. The fourth-order valence-corrected chi connectivity index (χ4v) is 4.29. The van der Waals surface area contributed by atoms with Crippen LogP contribution in [0, 0.1) is 18.3 Å². The third kappa shape index (κ3) is 4.62. The Bertz CT molecular complexity index is 1610. The Balaban J connectivity index is 1.61. The number of benzene rings is 1. The lowest BCUT2D eigenvalue weighted by Gasteiger charge is -2.27. The minimum absolute atomic E-state index is 0.187. The molecule has 0 saturated carbocycles. The predicted molar refractivity (Wildman–Crippen MR) is 142 cm³/mol. The van der Waals surface area contributed by atoms with E-state index < -0.39 is 0 Å². The average molecular weight is 497 g/mol. The van der Waals surface area contributed by atoms with E-state index in [9.17, 15) is 10.4 Å². The summed E-state index contributed by atoms with van der Waals surface area (Å²) in [5.41, 5.74) is 3.80. The number of aryl methyl sites for hydroxylation is 1. The molecule has 4 heterocycles. The summed E-state index contributed by atoms with van der Waals surface area (Å²) in [4.78, 5) is 20.9. The zero-order chi connectivity index (χ0) is 26.1. The molecule has 4 aromatic heterocycles. The van der Waals surface area contributed by atoms with E-state index in [2.05, 4.69) is 36.1 Å². The molecule has 0 aliphatic rings. The second-order valence-corrected chi connectivity index (χ2v) is 9.19. The van der Waals surface area contributed by atoms with Crippen molar-refractivity contribution in [2.75, 3.05) is 37.4 Å². The van der Waals surface area contributed by atoms with E-state index in [0.29, 0.717) is 34.8 Å². The number of aromatic nitrogens is 6. The van der Waals surface area contributed by atoms with Gasteiger partial charge in [0.05, 0.1) is 17.0 Å². The number of nitriles is 1. The van der Waals surface area contributed by atoms with Crippen LogP contribution in [0.5, 0.6) is 5.75 Å². The van der Waals surface area contributed by atoms with Crippen LogP contribution in [0.3, 0.4) is 0 Å². The van der Waals surface area contributed by atoms with Crippen molar-refractivity contribution in [3.05, 3.63) is 66.0 Å². The van der Waals surface area contributed by atoms with Crippen molar-refractivity contribution in [3.63, 3.8) is 0 Å². The zero-order valence-corrected chi connectivity index (χ0v) is 21.1. The molecule has 3 N–H and O–H groups in total. The lowest BCUT2D eigenvalue weighted by molar-refractivity contribution is 0.418. The van der Waals surface area contributed by atoms with Gasteiger partial charge in [-0.05, 0) is 51.7 Å². The first-order chi connectivity index (χ1) is 17.9. The summed E-state index contributed by atoms with van der Waals surface area (Å²) in [6.07, 6.45) is 4.99. The molecule has 11 heteroatoms. The van der Waals surface area contributed by atoms with E-state index in [1.54, 1.807) is 18.3 Å². The van der Waals surface area contributed by atoms with Crippen LogP contribution in [0.2, 0.25) is 0 Å². The lowest BCUT2D eigenvalue weighted by Crippen LogP contribution is -2.30. The summed E-state index contributed by atoms with van der Waals surface area (Å²) in [6.45, 7) is 5.41. The van der Waals surface area contributed by atoms with E-state index in [4.69, 9.17) is 10.1 Å². The molecule has 1 unspecified atom stereocenters. The largest absolute Gasteiger partial charge is 0.508 e. The van der Waals surface area contributed by atoms with Gasteiger partial charge in [-0.1, -0.05) is 6.07 Å². The van der Waals surface area contributed by atoms with E-state index in [1.807, 2.05) is 56.9 Å². The number of aromatic amines is 1. The van der Waals surface area contributed by atoms with Gasteiger partial charge in [-0.3, -0.25) is 0 Å². The second kappa shape index (κ2) is 9.75. The number of phenols is 1. The standard InChI is InChI=1S/C26H28N10O/c1-16-8-9-36-22(16)26(35(11-10-34(3)4)19-6-5-7-20(37)12-19)32-23(33-36)17(2)31-25-21-18(13-27)14-28-24(21)29-15-30-25/h5-9,12,14-15,17,37H,10-11H2,1-4H3,(H2,28,29,30,31). The molecule has 0 saturated heterocycles. The van der Waals surface area contributed by atoms with Crippen molar-refractivity contribution in [3.8, 4) is 11.8 Å². The quantitative estimate of drug-likeness (QED) is 0.293. The van der Waals surface area contributed by atoms with Gasteiger partial charge in [-0.25, -0.2) is 19.5 Å². The Morgan fingerprint density at radius 2 is 2.05 bits per heavy atom. The average Bonchev–Trinajstić information content (AvgIpc) is 3.48. The lowest BCUT2D eigenvalue weighted by atomic mass is 10.2. The molecule has 0 fully saturated rings. The molecule has 1 atom stereocenters. The molecule has 188 valence electrons. The molecule has 0 radical (unpaired) electrons. The maximum Gasteiger partial charge on any atom is 0.173 e. The molecule has 11 nitrogen and oxygen atoms in total. The maximum atomic E-state index is 10.2. The number of H-pyrrole nitrogens is 1. The van der Waals surface area contributed by atoms with Gasteiger partial charge in [0.1, 0.15) is 35.1 Å². The number of phenolic OH excluding ortho intramolecular Hbond substituents is 1. The molecule has 0 aliphatic heterocycles. The Kier molecular flexibility index (Phi) is 6.33. The van der Waals surface area contributed by atoms with Gasteiger partial charge >= 0.3 is 0 Å². The number of fused-ring (bicyclic) bond motifs is 2. The number of likely N-dealkylation sites (N-methyl/N-ethyl adjacent to an activating group) is 1. The SMILES string of the molecule is Cc1ccn2nc(C(C)Nc3ncnc4[nH]cc(C#N)c34)nc(N(CCN(C)C)c3cccc(O)c3)c12. The predicted octanol–water partition coefficient (Wildman–Crippen LogP) is 3.76. The highest BCUT2D eigenvalue weighted by Gasteiger charge is 2.22. The van der Waals surface area contributed by atoms with Crippen LogP contribution in [0.25, 0.3) is 16.6 Å². The summed E-state index contributed by atoms with van der Waals surface area (Å²) in [5, 5.41) is 28.5. The van der Waals surface area contributed by atoms with Crippen molar-refractivity contribution in [1.29, 1.82) is 5.26 Å². The van der Waals surface area contributed by atoms with E-state index in [-0.39, 0.29) is 11.8 Å². The first-order valence-corrected chi connectivity index (χ1v) is 11.9. The molecule has 0 aliphatic carbocycles. The van der Waals surface area contributed by atoms with E-state index >= 15 is 0 Å². The molecule has 5 aromatic rings. The van der Waals surface area contributed by atoms with E-state index in [0.717, 1.165) is 29.1 Å². The Morgan fingerprint density at radius 3 is 2.81 bits per heavy atom. The highest BCUT2D eigenvalue weighted by atomic mass is 16.3. The van der Waals surface area contributed by atoms with Gasteiger partial charge < -0.3 is 25.2 Å². The fourth-order valence-electron chi connectivity index (χ4n) is 4.29. The van der Waals surface area contributed by atoms with Crippen LogP contribution in [0.15, 0.2) is 49.1 Å². The second-order valence-electron chi connectivity index (χ2n) is 9.19. The van der Waals surface area contributed by atoms with Gasteiger partial charge in [0.15, 0.2) is 11.6 Å². The number of rotatable bonds is 8. The maximum absolute atomic E-state index is 10.2. The highest BCUT2D eigenvalue weighted by molar-refractivity contribution is 5.92. The number of anilines is 3. The molecular weight excluding hydrogens is 468 g/mol. The first kappa shape index (κ1) is 24.0. The molecule has 0 spiro atoms. The summed E-state index contributed by atoms with van der Waals surface area (Å²) in [5.74, 6) is 2.00. The van der Waals surface area contributed by atoms with Gasteiger partial charge in [0.25, 0.3) is 0 Å². The van der Waals surface area contributed by atoms with Crippen LogP contribution in [-0.2, 0) is 0 Å². The minimum Gasteiger partial charge on any atom is -0.508 e. The third-order valence-electron chi connectivity index (χ3n) is 6.21. The summed E-state index contributed by atoms with van der Waals surface area (Å²) in [7, 11) is 4.05. The fraction of sp³-hybridized carbons (Fsp3) is 0.269. The van der Waals surface area contributed by atoms with Crippen LogP contribution in [0.1, 0.15) is 29.9 Å². The van der Waals surface area contributed by atoms with Gasteiger partial charge in [-0.15, -0.1) is 0 Å². The van der Waals surface area contributed by atoms with Crippen LogP contribution >= 0.6 is 0 Å². The number of nitrogens with zero attached hydrogens (tertiary/aromatic N) is 8. The van der Waals surface area contributed by atoms with Crippen LogP contribution in [-0.4, -0.2) is 66.7 Å². The van der Waals surface area contributed by atoms with E-state index in [1.165, 1.54) is 6.33 Å². The number of nitrogens with one attached hydrogen (secondary N) is 2. The normalized spacial score (nSPS) is 12.2. The number of aromatic hydroxyl groups is 1. The first-order valence-electron chi connectivity index (χ1n) is 11.9. The molecule has 1 aromatic carbocycles. The topological polar surface area (TPSA) is 134 Å². The van der Waals surface area contributed by atoms with Crippen molar-refractivity contribution in [2.45, 2.75) is 19.9 Å². The Labute approximate surface area is 214 Å². The number of hydrogen-bond donors (Lipinski definition) is 3. The smallest absolute Gasteiger partial charge is 0.173 e. The van der Waals surface area contributed by atoms with Crippen molar-refractivity contribution < 1.29 is 5.11 Å². The summed E-state index contributed by atoms with van der Waals surface area (Å²) < 4.78 is 1.84. The molecule has 0 amide bonds. The third-order valence-corrected chi connectivity index (χ3v) is 6.21. The molecule has 37 heavy (non-hydrogen) atoms. The Hall–Kier alpha value is -4.69. The van der Waals surface area contributed by atoms with Gasteiger partial charge in [-0.2, -0.15) is 10.4 Å². The Morgan fingerprint density at radius 1 is 1.22 bits per heavy atom.